The molecule has 0 heterocycles. The number of allylic oxidation sites excluding steroid dienone is 5. The first-order chi connectivity index (χ1) is 5.58. The van der Waals surface area contributed by atoms with Crippen LogP contribution in [0.5, 0.6) is 0 Å². The molecule has 0 saturated carbocycles. The van der Waals surface area contributed by atoms with Crippen LogP contribution in [0.15, 0.2) is 41.7 Å². The van der Waals surface area contributed by atoms with Crippen molar-refractivity contribution in [3.05, 3.63) is 41.7 Å². The molecule has 0 amide bonds. The Balaban J connectivity index is 2.67. The Bertz CT molecular complexity index is 273. The molecule has 1 aliphatic rings. The minimum Gasteiger partial charge on any atom is -0.171 e. The van der Waals surface area contributed by atoms with Gasteiger partial charge in [-0.2, -0.15) is 13.2 Å². The highest BCUT2D eigenvalue weighted by Gasteiger charge is 2.27. The van der Waals surface area contributed by atoms with Crippen molar-refractivity contribution >= 4 is 0 Å². The zero-order valence-electron chi connectivity index (χ0n) is 6.23. The molecule has 0 bridgehead atoms. The Morgan fingerprint density at radius 3 is 2.67 bits per heavy atom. The lowest BCUT2D eigenvalue weighted by Gasteiger charge is -2.05. The SMILES string of the molecule is FC(F)(F)CC1=CC=C=CC=C1. The standard InChI is InChI=1S/C9H7F3/c10-9(11,12)7-8-5-3-1-2-4-6-8/h1,3-6H,7H2. The van der Waals surface area contributed by atoms with E-state index in [-0.39, 0.29) is 5.57 Å². The molecule has 0 saturated heterocycles. The van der Waals surface area contributed by atoms with Gasteiger partial charge in [-0.25, -0.2) is 0 Å². The molecule has 1 rings (SSSR count). The maximum atomic E-state index is 11.9. The molecule has 0 nitrogen and oxygen atoms in total. The number of alkyl halides is 3. The first-order valence-corrected chi connectivity index (χ1v) is 3.43. The van der Waals surface area contributed by atoms with Crippen LogP contribution in [0.2, 0.25) is 0 Å². The first kappa shape index (κ1) is 8.88. The molecule has 0 aromatic heterocycles. The van der Waals surface area contributed by atoms with Gasteiger partial charge in [0.15, 0.2) is 0 Å². The summed E-state index contributed by atoms with van der Waals surface area (Å²) in [6.07, 6.45) is 2.42. The van der Waals surface area contributed by atoms with Crippen molar-refractivity contribution < 1.29 is 13.2 Å². The lowest BCUT2D eigenvalue weighted by molar-refractivity contribution is -0.126. The Kier molecular flexibility index (Phi) is 2.56. The van der Waals surface area contributed by atoms with Crippen molar-refractivity contribution in [2.24, 2.45) is 0 Å². The van der Waals surface area contributed by atoms with Gasteiger partial charge in [-0.05, 0) is 17.7 Å². The summed E-state index contributed by atoms with van der Waals surface area (Å²) in [5.74, 6) is 0. The van der Waals surface area contributed by atoms with Crippen molar-refractivity contribution in [3.63, 3.8) is 0 Å². The van der Waals surface area contributed by atoms with Crippen LogP contribution < -0.4 is 0 Å². The molecule has 3 heteroatoms. The van der Waals surface area contributed by atoms with Crippen LogP contribution in [0.1, 0.15) is 6.42 Å². The summed E-state index contributed by atoms with van der Waals surface area (Å²) >= 11 is 0. The first-order valence-electron chi connectivity index (χ1n) is 3.43. The molecule has 64 valence electrons. The van der Waals surface area contributed by atoms with E-state index in [4.69, 9.17) is 0 Å². The van der Waals surface area contributed by atoms with E-state index in [0.29, 0.717) is 0 Å². The lowest BCUT2D eigenvalue weighted by atomic mass is 10.1. The van der Waals surface area contributed by atoms with Gasteiger partial charge in [-0.15, -0.1) is 5.73 Å². The molecule has 0 unspecified atom stereocenters. The maximum Gasteiger partial charge on any atom is 0.393 e. The molecular formula is C9H7F3. The fourth-order valence-corrected chi connectivity index (χ4v) is 0.843. The molecular weight excluding hydrogens is 165 g/mol. The third kappa shape index (κ3) is 3.26. The molecule has 0 aromatic carbocycles. The monoisotopic (exact) mass is 172 g/mol. The molecule has 0 spiro atoms. The molecule has 12 heavy (non-hydrogen) atoms. The zero-order valence-corrected chi connectivity index (χ0v) is 6.23. The van der Waals surface area contributed by atoms with Crippen LogP contribution in [0.3, 0.4) is 0 Å². The fourth-order valence-electron chi connectivity index (χ4n) is 0.843. The Morgan fingerprint density at radius 1 is 1.25 bits per heavy atom. The third-order valence-corrected chi connectivity index (χ3v) is 1.30. The predicted molar refractivity (Wildman–Crippen MR) is 40.5 cm³/mol. The van der Waals surface area contributed by atoms with Gasteiger partial charge in [-0.3, -0.25) is 0 Å². The molecule has 0 radical (unpaired) electrons. The van der Waals surface area contributed by atoms with Gasteiger partial charge < -0.3 is 0 Å². The van der Waals surface area contributed by atoms with Crippen molar-refractivity contribution in [1.29, 1.82) is 0 Å². The molecule has 0 atom stereocenters. The van der Waals surface area contributed by atoms with Crippen LogP contribution in [-0.4, -0.2) is 6.18 Å². The highest BCUT2D eigenvalue weighted by atomic mass is 19.4. The van der Waals surface area contributed by atoms with E-state index in [0.717, 1.165) is 0 Å². The quantitative estimate of drug-likeness (QED) is 0.533. The largest absolute Gasteiger partial charge is 0.393 e. The average molecular weight is 172 g/mol. The van der Waals surface area contributed by atoms with E-state index >= 15 is 0 Å². The summed E-state index contributed by atoms with van der Waals surface area (Å²) in [5.41, 5.74) is 2.94. The van der Waals surface area contributed by atoms with E-state index in [1.54, 1.807) is 12.2 Å². The summed E-state index contributed by atoms with van der Waals surface area (Å²) in [5, 5.41) is 0. The lowest BCUT2D eigenvalue weighted by Crippen LogP contribution is -2.07. The molecule has 0 N–H and O–H groups in total. The zero-order chi connectivity index (χ0) is 9.03. The highest BCUT2D eigenvalue weighted by molar-refractivity contribution is 5.29. The summed E-state index contributed by atoms with van der Waals surface area (Å²) in [6, 6.07) is 0. The van der Waals surface area contributed by atoms with Gasteiger partial charge >= 0.3 is 6.18 Å². The summed E-state index contributed by atoms with van der Waals surface area (Å²) in [7, 11) is 0. The third-order valence-electron chi connectivity index (χ3n) is 1.30. The van der Waals surface area contributed by atoms with E-state index in [2.05, 4.69) is 5.73 Å². The van der Waals surface area contributed by atoms with Gasteiger partial charge in [0.25, 0.3) is 0 Å². The topological polar surface area (TPSA) is 0 Å². The van der Waals surface area contributed by atoms with Crippen molar-refractivity contribution in [2.75, 3.05) is 0 Å². The molecule has 1 aliphatic carbocycles. The van der Waals surface area contributed by atoms with Crippen LogP contribution >= 0.6 is 0 Å². The average Bonchev–Trinajstić information content (AvgIpc) is 2.12. The Labute approximate surface area is 68.4 Å². The van der Waals surface area contributed by atoms with Gasteiger partial charge in [0.05, 0.1) is 6.42 Å². The number of rotatable bonds is 1. The number of hydrogen-bond donors (Lipinski definition) is 0. The smallest absolute Gasteiger partial charge is 0.171 e. The Morgan fingerprint density at radius 2 is 2.00 bits per heavy atom. The van der Waals surface area contributed by atoms with Crippen LogP contribution in [-0.2, 0) is 0 Å². The number of hydrogen-bond acceptors (Lipinski definition) is 0. The van der Waals surface area contributed by atoms with E-state index in [1.165, 1.54) is 18.2 Å². The van der Waals surface area contributed by atoms with E-state index < -0.39 is 12.6 Å². The van der Waals surface area contributed by atoms with Gasteiger partial charge in [0.2, 0.25) is 0 Å². The van der Waals surface area contributed by atoms with Gasteiger partial charge in [0, 0.05) is 0 Å². The minimum absolute atomic E-state index is 0.253. The minimum atomic E-state index is -4.13. The maximum absolute atomic E-state index is 11.9. The Hall–Kier alpha value is -1.21. The molecule has 0 aliphatic heterocycles. The van der Waals surface area contributed by atoms with Gasteiger partial charge in [-0.1, -0.05) is 18.2 Å². The fraction of sp³-hybridized carbons (Fsp3) is 0.222. The van der Waals surface area contributed by atoms with Crippen LogP contribution in [0.25, 0.3) is 0 Å². The van der Waals surface area contributed by atoms with Crippen molar-refractivity contribution in [1.82, 2.24) is 0 Å². The second kappa shape index (κ2) is 3.46. The summed E-state index contributed by atoms with van der Waals surface area (Å²) < 4.78 is 35.6. The second-order valence-electron chi connectivity index (χ2n) is 2.39. The van der Waals surface area contributed by atoms with Crippen molar-refractivity contribution in [3.8, 4) is 0 Å². The highest BCUT2D eigenvalue weighted by Crippen LogP contribution is 2.25. The molecule has 0 aromatic rings. The number of halogens is 3. The normalized spacial score (nSPS) is 16.1. The van der Waals surface area contributed by atoms with Gasteiger partial charge in [0.1, 0.15) is 0 Å². The van der Waals surface area contributed by atoms with Crippen LogP contribution in [0, 0.1) is 0 Å². The van der Waals surface area contributed by atoms with Crippen LogP contribution in [0.4, 0.5) is 13.2 Å². The van der Waals surface area contributed by atoms with E-state index in [9.17, 15) is 13.2 Å². The molecule has 0 fully saturated rings. The second-order valence-corrected chi connectivity index (χ2v) is 2.39. The summed E-state index contributed by atoms with van der Waals surface area (Å²) in [6.45, 7) is 0. The summed E-state index contributed by atoms with van der Waals surface area (Å²) in [4.78, 5) is 0. The predicted octanol–water partition coefficient (Wildman–Crippen LogP) is 3.15. The van der Waals surface area contributed by atoms with E-state index in [1.807, 2.05) is 0 Å². The van der Waals surface area contributed by atoms with Crippen molar-refractivity contribution in [2.45, 2.75) is 12.6 Å².